The quantitative estimate of drug-likeness (QED) is 0.211. The first-order chi connectivity index (χ1) is 16.0. The van der Waals surface area contributed by atoms with E-state index in [1.54, 1.807) is 45.0 Å². The molecule has 0 bridgehead atoms. The van der Waals surface area contributed by atoms with Crippen molar-refractivity contribution < 1.29 is 28.7 Å². The molecule has 11 heteroatoms. The number of carbonyl (C=O) groups is 5. The van der Waals surface area contributed by atoms with Crippen LogP contribution in [0.2, 0.25) is 0 Å². The first kappa shape index (κ1) is 28.4. The summed E-state index contributed by atoms with van der Waals surface area (Å²) >= 11 is 0. The van der Waals surface area contributed by atoms with E-state index in [1.807, 2.05) is 0 Å². The summed E-state index contributed by atoms with van der Waals surface area (Å²) in [4.78, 5) is 59.5. The second kappa shape index (κ2) is 14.5. The normalized spacial score (nSPS) is 12.3. The number of hydrogen-bond donors (Lipinski definition) is 5. The number of urea groups is 1. The summed E-state index contributed by atoms with van der Waals surface area (Å²) in [6.45, 7) is 6.95. The third-order valence-electron chi connectivity index (χ3n) is 4.85. The van der Waals surface area contributed by atoms with Crippen LogP contribution in [-0.4, -0.2) is 48.4 Å². The molecule has 0 unspecified atom stereocenters. The van der Waals surface area contributed by atoms with Gasteiger partial charge in [-0.2, -0.15) is 0 Å². The molecule has 188 valence electrons. The van der Waals surface area contributed by atoms with Crippen LogP contribution in [0.1, 0.15) is 52.5 Å². The van der Waals surface area contributed by atoms with Crippen LogP contribution in [0.4, 0.5) is 10.5 Å². The van der Waals surface area contributed by atoms with E-state index in [-0.39, 0.29) is 37.8 Å². The number of hydrogen-bond acceptors (Lipinski definition) is 6. The van der Waals surface area contributed by atoms with Crippen LogP contribution in [0, 0.1) is 5.92 Å². The first-order valence-electron chi connectivity index (χ1n) is 11.2. The van der Waals surface area contributed by atoms with Crippen molar-refractivity contribution in [1.29, 1.82) is 0 Å². The molecule has 0 aliphatic rings. The van der Waals surface area contributed by atoms with Crippen LogP contribution in [0.15, 0.2) is 24.3 Å². The molecule has 11 nitrogen and oxygen atoms in total. The Morgan fingerprint density at radius 3 is 2.18 bits per heavy atom. The molecule has 1 aromatic rings. The van der Waals surface area contributed by atoms with Crippen LogP contribution in [0.25, 0.3) is 0 Å². The van der Waals surface area contributed by atoms with Crippen molar-refractivity contribution in [2.24, 2.45) is 11.7 Å². The Labute approximate surface area is 199 Å². The number of carbonyl (C=O) groups excluding carboxylic acids is 5. The van der Waals surface area contributed by atoms with Gasteiger partial charge in [0, 0.05) is 25.6 Å². The monoisotopic (exact) mass is 477 g/mol. The molecule has 0 radical (unpaired) electrons. The molecule has 0 heterocycles. The van der Waals surface area contributed by atoms with Gasteiger partial charge in [-0.05, 0) is 36.5 Å². The van der Waals surface area contributed by atoms with Gasteiger partial charge < -0.3 is 31.7 Å². The molecule has 0 fully saturated rings. The second-order valence-electron chi connectivity index (χ2n) is 8.10. The minimum Gasteiger partial charge on any atom is -0.461 e. The maximum Gasteiger partial charge on any atom is 0.312 e. The van der Waals surface area contributed by atoms with Gasteiger partial charge in [-0.3, -0.25) is 19.2 Å². The van der Waals surface area contributed by atoms with Crippen LogP contribution in [-0.2, 0) is 30.5 Å². The summed E-state index contributed by atoms with van der Waals surface area (Å²) in [6, 6.07) is 4.33. The number of esters is 1. The molecule has 5 amide bonds. The average molecular weight is 478 g/mol. The van der Waals surface area contributed by atoms with Crippen LogP contribution in [0.5, 0.6) is 0 Å². The SMILES string of the molecule is CCC(=O)N[C@H](C(=O)N[C@@H](CCCNC(N)=O)C(=O)Nc1ccc(COC(C)=O)cc1)C(C)C. The minimum atomic E-state index is -0.914. The Morgan fingerprint density at radius 1 is 1.00 bits per heavy atom. The highest BCUT2D eigenvalue weighted by Gasteiger charge is 2.28. The van der Waals surface area contributed by atoms with Crippen molar-refractivity contribution in [3.63, 3.8) is 0 Å². The molecule has 34 heavy (non-hydrogen) atoms. The maximum absolute atomic E-state index is 13.0. The van der Waals surface area contributed by atoms with Crippen molar-refractivity contribution in [3.05, 3.63) is 29.8 Å². The standard InChI is InChI=1S/C23H35N5O6/c1-5-19(30)28-20(14(2)3)22(32)27-18(7-6-12-25-23(24)33)21(31)26-17-10-8-16(9-11-17)13-34-15(4)29/h8-11,14,18,20H,5-7,12-13H2,1-4H3,(H,26,31)(H,27,32)(H,28,30)(H3,24,25,33)/t18-,20-/m0/s1. The molecule has 2 atom stereocenters. The average Bonchev–Trinajstić information content (AvgIpc) is 2.78. The highest BCUT2D eigenvalue weighted by molar-refractivity contribution is 5.98. The van der Waals surface area contributed by atoms with Gasteiger partial charge in [0.1, 0.15) is 18.7 Å². The summed E-state index contributed by atoms with van der Waals surface area (Å²) < 4.78 is 4.94. The fourth-order valence-electron chi connectivity index (χ4n) is 2.96. The van der Waals surface area contributed by atoms with Gasteiger partial charge in [0.2, 0.25) is 17.7 Å². The molecular formula is C23H35N5O6. The summed E-state index contributed by atoms with van der Waals surface area (Å²) in [6.07, 6.45) is 0.845. The molecule has 6 N–H and O–H groups in total. The van der Waals surface area contributed by atoms with E-state index in [1.165, 1.54) is 6.92 Å². The zero-order valence-corrected chi connectivity index (χ0v) is 20.1. The maximum atomic E-state index is 13.0. The predicted octanol–water partition coefficient (Wildman–Crippen LogP) is 1.17. The zero-order valence-electron chi connectivity index (χ0n) is 20.1. The Balaban J connectivity index is 2.89. The van der Waals surface area contributed by atoms with Gasteiger partial charge in [0.25, 0.3) is 0 Å². The summed E-state index contributed by atoms with van der Waals surface area (Å²) in [5, 5.41) is 10.6. The molecule has 0 aromatic heterocycles. The molecule has 0 saturated heterocycles. The Hall–Kier alpha value is -3.63. The van der Waals surface area contributed by atoms with Gasteiger partial charge in [-0.25, -0.2) is 4.79 Å². The Bertz CT molecular complexity index is 856. The van der Waals surface area contributed by atoms with E-state index < -0.39 is 35.9 Å². The van der Waals surface area contributed by atoms with E-state index in [4.69, 9.17) is 10.5 Å². The lowest BCUT2D eigenvalue weighted by atomic mass is 10.0. The van der Waals surface area contributed by atoms with Gasteiger partial charge >= 0.3 is 12.0 Å². The molecule has 1 rings (SSSR count). The largest absolute Gasteiger partial charge is 0.461 e. The molecular weight excluding hydrogens is 442 g/mol. The van der Waals surface area contributed by atoms with Crippen molar-refractivity contribution in [2.75, 3.05) is 11.9 Å². The lowest BCUT2D eigenvalue weighted by molar-refractivity contribution is -0.142. The number of amides is 5. The molecule has 0 spiro atoms. The Kier molecular flexibility index (Phi) is 12.1. The highest BCUT2D eigenvalue weighted by Crippen LogP contribution is 2.12. The van der Waals surface area contributed by atoms with Crippen LogP contribution >= 0.6 is 0 Å². The van der Waals surface area contributed by atoms with Crippen molar-refractivity contribution in [3.8, 4) is 0 Å². The molecule has 0 aliphatic heterocycles. The summed E-state index contributed by atoms with van der Waals surface area (Å²) in [7, 11) is 0. The second-order valence-corrected chi connectivity index (χ2v) is 8.10. The fourth-order valence-corrected chi connectivity index (χ4v) is 2.96. The number of ether oxygens (including phenoxy) is 1. The molecule has 0 aliphatic carbocycles. The molecule has 1 aromatic carbocycles. The number of primary amides is 1. The van der Waals surface area contributed by atoms with E-state index in [9.17, 15) is 24.0 Å². The third kappa shape index (κ3) is 10.8. The van der Waals surface area contributed by atoms with Crippen molar-refractivity contribution in [2.45, 2.75) is 65.6 Å². The minimum absolute atomic E-state index is 0.120. The van der Waals surface area contributed by atoms with Gasteiger partial charge in [0.15, 0.2) is 0 Å². The zero-order chi connectivity index (χ0) is 25.7. The summed E-state index contributed by atoms with van der Waals surface area (Å²) in [5.74, 6) is -1.78. The van der Waals surface area contributed by atoms with Crippen LogP contribution in [0.3, 0.4) is 0 Å². The van der Waals surface area contributed by atoms with Crippen molar-refractivity contribution in [1.82, 2.24) is 16.0 Å². The highest BCUT2D eigenvalue weighted by atomic mass is 16.5. The van der Waals surface area contributed by atoms with E-state index in [0.717, 1.165) is 5.56 Å². The summed E-state index contributed by atoms with van der Waals surface area (Å²) in [5.41, 5.74) is 6.31. The first-order valence-corrected chi connectivity index (χ1v) is 11.2. The smallest absolute Gasteiger partial charge is 0.312 e. The van der Waals surface area contributed by atoms with Gasteiger partial charge in [-0.15, -0.1) is 0 Å². The van der Waals surface area contributed by atoms with E-state index in [0.29, 0.717) is 12.1 Å². The van der Waals surface area contributed by atoms with Gasteiger partial charge in [-0.1, -0.05) is 32.9 Å². The number of nitrogens with two attached hydrogens (primary N) is 1. The fraction of sp³-hybridized carbons (Fsp3) is 0.522. The topological polar surface area (TPSA) is 169 Å². The molecule has 0 saturated carbocycles. The van der Waals surface area contributed by atoms with Gasteiger partial charge in [0.05, 0.1) is 0 Å². The van der Waals surface area contributed by atoms with Crippen molar-refractivity contribution >= 4 is 35.4 Å². The number of anilines is 1. The van der Waals surface area contributed by atoms with E-state index in [2.05, 4.69) is 21.3 Å². The van der Waals surface area contributed by atoms with Crippen LogP contribution < -0.4 is 27.0 Å². The third-order valence-corrected chi connectivity index (χ3v) is 4.85. The predicted molar refractivity (Wildman–Crippen MR) is 126 cm³/mol. The Morgan fingerprint density at radius 2 is 1.65 bits per heavy atom. The lowest BCUT2D eigenvalue weighted by Gasteiger charge is -2.25. The van der Waals surface area contributed by atoms with E-state index >= 15 is 0 Å². The number of nitrogens with one attached hydrogen (secondary N) is 4. The number of benzene rings is 1. The lowest BCUT2D eigenvalue weighted by Crippen LogP contribution is -2.54. The number of rotatable bonds is 13.